The summed E-state index contributed by atoms with van der Waals surface area (Å²) in [5.41, 5.74) is 5.55. The first kappa shape index (κ1) is 13.0. The minimum absolute atomic E-state index is 0.0583. The van der Waals surface area contributed by atoms with Gasteiger partial charge in [0.05, 0.1) is 6.04 Å². The number of carbonyl (C=O) groups is 2. The van der Waals surface area contributed by atoms with Crippen LogP contribution in [0.3, 0.4) is 0 Å². The zero-order valence-corrected chi connectivity index (χ0v) is 9.45. The zero-order chi connectivity index (χ0) is 12.0. The molecule has 5 heteroatoms. The summed E-state index contributed by atoms with van der Waals surface area (Å²) in [6, 6.07) is -0.697. The number of carbonyl (C=O) groups excluding carboxylic acids is 1. The summed E-state index contributed by atoms with van der Waals surface area (Å²) >= 11 is 0. The largest absolute Gasteiger partial charge is 0.481 e. The van der Waals surface area contributed by atoms with Gasteiger partial charge in [-0.05, 0) is 18.8 Å². The van der Waals surface area contributed by atoms with E-state index in [1.54, 1.807) is 0 Å². The van der Waals surface area contributed by atoms with E-state index in [1.807, 2.05) is 0 Å². The van der Waals surface area contributed by atoms with Gasteiger partial charge in [0, 0.05) is 13.0 Å². The van der Waals surface area contributed by atoms with Crippen molar-refractivity contribution in [3.63, 3.8) is 0 Å². The normalized spacial score (nSPS) is 17.6. The van der Waals surface area contributed by atoms with Crippen molar-refractivity contribution in [1.82, 2.24) is 5.32 Å². The molecule has 1 unspecified atom stereocenters. The van der Waals surface area contributed by atoms with Crippen LogP contribution in [0.1, 0.15) is 38.5 Å². The van der Waals surface area contributed by atoms with Gasteiger partial charge in [0.25, 0.3) is 0 Å². The SMILES string of the molecule is NC(CCC(=O)O)C(=O)NCCC1CCC1. The van der Waals surface area contributed by atoms with Crippen LogP contribution in [0, 0.1) is 5.92 Å². The second-order valence-corrected chi connectivity index (χ2v) is 4.42. The average molecular weight is 228 g/mol. The van der Waals surface area contributed by atoms with E-state index in [2.05, 4.69) is 5.32 Å². The number of carboxylic acids is 1. The van der Waals surface area contributed by atoms with Crippen molar-refractivity contribution in [2.24, 2.45) is 11.7 Å². The molecule has 0 aromatic carbocycles. The maximum atomic E-state index is 11.4. The second-order valence-electron chi connectivity index (χ2n) is 4.42. The summed E-state index contributed by atoms with van der Waals surface area (Å²) in [6.07, 6.45) is 4.98. The molecule has 1 aliphatic rings. The number of hydrogen-bond donors (Lipinski definition) is 3. The predicted octanol–water partition coefficient (Wildman–Crippen LogP) is 0.485. The predicted molar refractivity (Wildman–Crippen MR) is 59.8 cm³/mol. The Morgan fingerprint density at radius 2 is 2.12 bits per heavy atom. The number of hydrogen-bond acceptors (Lipinski definition) is 3. The molecular formula is C11H20N2O3. The first-order valence-electron chi connectivity index (χ1n) is 5.84. The lowest BCUT2D eigenvalue weighted by Crippen LogP contribution is -2.41. The van der Waals surface area contributed by atoms with Gasteiger partial charge in [-0.15, -0.1) is 0 Å². The van der Waals surface area contributed by atoms with Crippen LogP contribution in [-0.4, -0.2) is 29.6 Å². The van der Waals surface area contributed by atoms with Crippen molar-refractivity contribution in [2.45, 2.75) is 44.6 Å². The summed E-state index contributed by atoms with van der Waals surface area (Å²) in [4.78, 5) is 21.7. The Bertz CT molecular complexity index is 252. The van der Waals surface area contributed by atoms with Gasteiger partial charge >= 0.3 is 5.97 Å². The van der Waals surface area contributed by atoms with E-state index in [0.29, 0.717) is 6.54 Å². The Balaban J connectivity index is 2.05. The molecule has 5 nitrogen and oxygen atoms in total. The highest BCUT2D eigenvalue weighted by atomic mass is 16.4. The topological polar surface area (TPSA) is 92.4 Å². The Hall–Kier alpha value is -1.10. The first-order valence-corrected chi connectivity index (χ1v) is 5.84. The summed E-state index contributed by atoms with van der Waals surface area (Å²) in [6.45, 7) is 0.657. The molecular weight excluding hydrogens is 208 g/mol. The number of rotatable bonds is 7. The molecule has 1 atom stereocenters. The molecule has 0 aromatic rings. The Kier molecular flexibility index (Phi) is 5.25. The third-order valence-electron chi connectivity index (χ3n) is 3.08. The summed E-state index contributed by atoms with van der Waals surface area (Å²) in [5, 5.41) is 11.2. The molecule has 0 aliphatic heterocycles. The molecule has 0 bridgehead atoms. The van der Waals surface area contributed by atoms with Gasteiger partial charge in [-0.25, -0.2) is 0 Å². The Morgan fingerprint density at radius 3 is 2.62 bits per heavy atom. The smallest absolute Gasteiger partial charge is 0.303 e. The van der Waals surface area contributed by atoms with Crippen LogP contribution in [0.5, 0.6) is 0 Å². The van der Waals surface area contributed by atoms with Crippen molar-refractivity contribution in [1.29, 1.82) is 0 Å². The van der Waals surface area contributed by atoms with Gasteiger partial charge in [0.15, 0.2) is 0 Å². The molecule has 0 heterocycles. The lowest BCUT2D eigenvalue weighted by molar-refractivity contribution is -0.137. The highest BCUT2D eigenvalue weighted by Gasteiger charge is 2.18. The van der Waals surface area contributed by atoms with Gasteiger partial charge in [-0.2, -0.15) is 0 Å². The van der Waals surface area contributed by atoms with Crippen LogP contribution >= 0.6 is 0 Å². The van der Waals surface area contributed by atoms with E-state index in [9.17, 15) is 9.59 Å². The first-order chi connectivity index (χ1) is 7.59. The minimum Gasteiger partial charge on any atom is -0.481 e. The van der Waals surface area contributed by atoms with Crippen molar-refractivity contribution in [2.75, 3.05) is 6.54 Å². The highest BCUT2D eigenvalue weighted by Crippen LogP contribution is 2.28. The molecule has 0 spiro atoms. The molecule has 0 aromatic heterocycles. The number of nitrogens with two attached hydrogens (primary N) is 1. The number of aliphatic carboxylic acids is 1. The van der Waals surface area contributed by atoms with E-state index in [4.69, 9.17) is 10.8 Å². The van der Waals surface area contributed by atoms with Gasteiger partial charge < -0.3 is 16.2 Å². The molecule has 16 heavy (non-hydrogen) atoms. The average Bonchev–Trinajstić information content (AvgIpc) is 2.17. The van der Waals surface area contributed by atoms with Crippen LogP contribution < -0.4 is 11.1 Å². The standard InChI is InChI=1S/C11H20N2O3/c12-9(4-5-10(14)15)11(16)13-7-6-8-2-1-3-8/h8-9H,1-7,12H2,(H,13,16)(H,14,15). The number of amides is 1. The quantitative estimate of drug-likeness (QED) is 0.591. The van der Waals surface area contributed by atoms with Crippen LogP contribution in [0.4, 0.5) is 0 Å². The van der Waals surface area contributed by atoms with E-state index < -0.39 is 12.0 Å². The highest BCUT2D eigenvalue weighted by molar-refractivity contribution is 5.82. The van der Waals surface area contributed by atoms with Gasteiger partial charge in [0.2, 0.25) is 5.91 Å². The molecule has 0 saturated heterocycles. The summed E-state index contributed by atoms with van der Waals surface area (Å²) in [7, 11) is 0. The van der Waals surface area contributed by atoms with Crippen LogP contribution in [0.15, 0.2) is 0 Å². The fraction of sp³-hybridized carbons (Fsp3) is 0.818. The Labute approximate surface area is 95.4 Å². The van der Waals surface area contributed by atoms with Crippen LogP contribution in [-0.2, 0) is 9.59 Å². The molecule has 1 aliphatic carbocycles. The van der Waals surface area contributed by atoms with Crippen molar-refractivity contribution in [3.8, 4) is 0 Å². The van der Waals surface area contributed by atoms with Gasteiger partial charge in [-0.3, -0.25) is 9.59 Å². The lowest BCUT2D eigenvalue weighted by Gasteiger charge is -2.25. The van der Waals surface area contributed by atoms with Crippen LogP contribution in [0.25, 0.3) is 0 Å². The molecule has 1 rings (SSSR count). The van der Waals surface area contributed by atoms with Gasteiger partial charge in [0.1, 0.15) is 0 Å². The monoisotopic (exact) mass is 228 g/mol. The third kappa shape index (κ3) is 4.61. The van der Waals surface area contributed by atoms with E-state index in [1.165, 1.54) is 19.3 Å². The number of nitrogens with one attached hydrogen (secondary N) is 1. The molecule has 1 saturated carbocycles. The van der Waals surface area contributed by atoms with Crippen molar-refractivity contribution in [3.05, 3.63) is 0 Å². The lowest BCUT2D eigenvalue weighted by atomic mass is 9.83. The molecule has 4 N–H and O–H groups in total. The minimum atomic E-state index is -0.919. The maximum absolute atomic E-state index is 11.4. The van der Waals surface area contributed by atoms with Crippen molar-refractivity contribution >= 4 is 11.9 Å². The fourth-order valence-electron chi connectivity index (χ4n) is 1.72. The summed E-state index contributed by atoms with van der Waals surface area (Å²) < 4.78 is 0. The molecule has 1 amide bonds. The molecule has 0 radical (unpaired) electrons. The van der Waals surface area contributed by atoms with E-state index in [-0.39, 0.29) is 18.7 Å². The van der Waals surface area contributed by atoms with Crippen LogP contribution in [0.2, 0.25) is 0 Å². The number of carboxylic acid groups (broad SMARTS) is 1. The van der Waals surface area contributed by atoms with E-state index >= 15 is 0 Å². The van der Waals surface area contributed by atoms with E-state index in [0.717, 1.165) is 12.3 Å². The molecule has 92 valence electrons. The fourth-order valence-corrected chi connectivity index (χ4v) is 1.72. The second kappa shape index (κ2) is 6.48. The molecule has 1 fully saturated rings. The maximum Gasteiger partial charge on any atom is 0.303 e. The Morgan fingerprint density at radius 1 is 1.44 bits per heavy atom. The summed E-state index contributed by atoms with van der Waals surface area (Å²) in [5.74, 6) is -0.395. The van der Waals surface area contributed by atoms with Crippen molar-refractivity contribution < 1.29 is 14.7 Å². The van der Waals surface area contributed by atoms with Gasteiger partial charge in [-0.1, -0.05) is 19.3 Å². The zero-order valence-electron chi connectivity index (χ0n) is 9.45. The third-order valence-corrected chi connectivity index (χ3v) is 3.08.